The van der Waals surface area contributed by atoms with E-state index in [1.165, 1.54) is 16.4 Å². The number of imidazole rings is 1. The molecule has 1 unspecified atom stereocenters. The molecule has 168 valence electrons. The van der Waals surface area contributed by atoms with Crippen LogP contribution in [0, 0.1) is 11.7 Å². The Hall–Kier alpha value is -3.04. The maximum Gasteiger partial charge on any atom is 0.243 e. The standard InChI is InChI=1S/C23H25FN4O3S/c1-27-15-12-25-22(27)21(18-6-5-7-19(24)16-18)26-23(29)17-10-13-28(14-11-17)32(30,31)20-8-3-2-4-9-20/h2-9,12,15-17,21H,10-11,13-14H2,1H3,(H,26,29). The number of rotatable bonds is 6. The quantitative estimate of drug-likeness (QED) is 0.618. The summed E-state index contributed by atoms with van der Waals surface area (Å²) < 4.78 is 42.7. The number of carbonyl (C=O) groups excluding carboxylic acids is 1. The predicted octanol–water partition coefficient (Wildman–Crippen LogP) is 2.87. The summed E-state index contributed by atoms with van der Waals surface area (Å²) in [6, 6.07) is 13.8. The van der Waals surface area contributed by atoms with Gasteiger partial charge in [-0.1, -0.05) is 30.3 Å². The lowest BCUT2D eigenvalue weighted by atomic mass is 9.96. The van der Waals surface area contributed by atoms with E-state index in [0.717, 1.165) is 0 Å². The Morgan fingerprint density at radius 1 is 1.12 bits per heavy atom. The number of nitrogens with zero attached hydrogens (tertiary/aromatic N) is 3. The van der Waals surface area contributed by atoms with Crippen LogP contribution in [0.25, 0.3) is 0 Å². The molecule has 0 saturated carbocycles. The topological polar surface area (TPSA) is 84.3 Å². The predicted molar refractivity (Wildman–Crippen MR) is 118 cm³/mol. The third-order valence-corrected chi connectivity index (χ3v) is 7.70. The third-order valence-electron chi connectivity index (χ3n) is 5.79. The lowest BCUT2D eigenvalue weighted by Gasteiger charge is -2.31. The molecule has 1 aliphatic heterocycles. The number of hydrogen-bond acceptors (Lipinski definition) is 4. The van der Waals surface area contributed by atoms with Crippen molar-refractivity contribution in [3.63, 3.8) is 0 Å². The van der Waals surface area contributed by atoms with Crippen molar-refractivity contribution in [2.24, 2.45) is 13.0 Å². The van der Waals surface area contributed by atoms with Crippen molar-refractivity contribution in [3.05, 3.63) is 84.2 Å². The lowest BCUT2D eigenvalue weighted by Crippen LogP contribution is -2.44. The number of nitrogens with one attached hydrogen (secondary N) is 1. The molecule has 0 aliphatic carbocycles. The van der Waals surface area contributed by atoms with E-state index < -0.39 is 21.9 Å². The van der Waals surface area contributed by atoms with Gasteiger partial charge in [-0.05, 0) is 42.7 Å². The minimum Gasteiger partial charge on any atom is -0.342 e. The van der Waals surface area contributed by atoms with Gasteiger partial charge in [-0.3, -0.25) is 4.79 Å². The number of carbonyl (C=O) groups is 1. The smallest absolute Gasteiger partial charge is 0.243 e. The van der Waals surface area contributed by atoms with E-state index in [9.17, 15) is 17.6 Å². The van der Waals surface area contributed by atoms with Crippen molar-refractivity contribution in [2.75, 3.05) is 13.1 Å². The normalized spacial score (nSPS) is 16.6. The molecule has 1 atom stereocenters. The van der Waals surface area contributed by atoms with Crippen LogP contribution in [0.4, 0.5) is 4.39 Å². The van der Waals surface area contributed by atoms with Gasteiger partial charge in [0.2, 0.25) is 15.9 Å². The summed E-state index contributed by atoms with van der Waals surface area (Å²) in [7, 11) is -1.76. The summed E-state index contributed by atoms with van der Waals surface area (Å²) >= 11 is 0. The van der Waals surface area contributed by atoms with Gasteiger partial charge >= 0.3 is 0 Å². The maximum absolute atomic E-state index is 13.9. The monoisotopic (exact) mass is 456 g/mol. The second kappa shape index (κ2) is 9.22. The fraction of sp³-hybridized carbons (Fsp3) is 0.304. The molecule has 32 heavy (non-hydrogen) atoms. The van der Waals surface area contributed by atoms with Gasteiger partial charge in [-0.25, -0.2) is 17.8 Å². The van der Waals surface area contributed by atoms with E-state index in [1.807, 2.05) is 7.05 Å². The minimum atomic E-state index is -3.58. The fourth-order valence-electron chi connectivity index (χ4n) is 4.00. The average Bonchev–Trinajstić information content (AvgIpc) is 3.23. The van der Waals surface area contributed by atoms with Crippen LogP contribution >= 0.6 is 0 Å². The van der Waals surface area contributed by atoms with E-state index in [0.29, 0.717) is 24.2 Å². The zero-order valence-corrected chi connectivity index (χ0v) is 18.5. The molecule has 0 radical (unpaired) electrons. The van der Waals surface area contributed by atoms with E-state index >= 15 is 0 Å². The summed E-state index contributed by atoms with van der Waals surface area (Å²) in [4.78, 5) is 17.7. The van der Waals surface area contributed by atoms with Crippen LogP contribution in [0.15, 0.2) is 71.9 Å². The van der Waals surface area contributed by atoms with Gasteiger partial charge in [0.1, 0.15) is 17.7 Å². The molecule has 0 bridgehead atoms. The van der Waals surface area contributed by atoms with Crippen LogP contribution in [0.2, 0.25) is 0 Å². The van der Waals surface area contributed by atoms with Gasteiger partial charge in [-0.15, -0.1) is 0 Å². The second-order valence-corrected chi connectivity index (χ2v) is 9.82. The molecule has 1 amide bonds. The van der Waals surface area contributed by atoms with Crippen LogP contribution in [-0.2, 0) is 21.9 Å². The first kappa shape index (κ1) is 22.2. The highest BCUT2D eigenvalue weighted by molar-refractivity contribution is 7.89. The van der Waals surface area contributed by atoms with Gasteiger partial charge in [-0.2, -0.15) is 4.31 Å². The first-order valence-electron chi connectivity index (χ1n) is 10.4. The number of halogens is 1. The van der Waals surface area contributed by atoms with Gasteiger partial charge in [0, 0.05) is 38.4 Å². The van der Waals surface area contributed by atoms with E-state index in [1.54, 1.807) is 59.4 Å². The molecule has 1 saturated heterocycles. The Labute approximate surface area is 186 Å². The van der Waals surface area contributed by atoms with Crippen molar-refractivity contribution in [1.29, 1.82) is 0 Å². The van der Waals surface area contributed by atoms with Gasteiger partial charge < -0.3 is 9.88 Å². The molecule has 4 rings (SSSR count). The molecular formula is C23H25FN4O3S. The zero-order chi connectivity index (χ0) is 22.7. The van der Waals surface area contributed by atoms with Crippen molar-refractivity contribution in [1.82, 2.24) is 19.2 Å². The first-order valence-corrected chi connectivity index (χ1v) is 11.9. The van der Waals surface area contributed by atoms with Gasteiger partial charge in [0.25, 0.3) is 0 Å². The molecule has 2 aromatic carbocycles. The van der Waals surface area contributed by atoms with Crippen LogP contribution < -0.4 is 5.32 Å². The summed E-state index contributed by atoms with van der Waals surface area (Å²) in [6.45, 7) is 0.532. The Balaban J connectivity index is 1.47. The summed E-state index contributed by atoms with van der Waals surface area (Å²) in [6.07, 6.45) is 4.21. The molecule has 1 aliphatic rings. The van der Waals surface area contributed by atoms with Crippen molar-refractivity contribution in [2.45, 2.75) is 23.8 Å². The second-order valence-electron chi connectivity index (χ2n) is 7.88. The minimum absolute atomic E-state index is 0.195. The van der Waals surface area contributed by atoms with Crippen LogP contribution in [0.5, 0.6) is 0 Å². The molecule has 1 N–H and O–H groups in total. The van der Waals surface area contributed by atoms with Crippen LogP contribution in [0.3, 0.4) is 0 Å². The van der Waals surface area contributed by atoms with E-state index in [2.05, 4.69) is 10.3 Å². The fourth-order valence-corrected chi connectivity index (χ4v) is 5.49. The zero-order valence-electron chi connectivity index (χ0n) is 17.7. The number of amides is 1. The maximum atomic E-state index is 13.9. The highest BCUT2D eigenvalue weighted by Crippen LogP contribution is 2.26. The number of piperidine rings is 1. The number of benzene rings is 2. The van der Waals surface area contributed by atoms with E-state index in [4.69, 9.17) is 0 Å². The first-order chi connectivity index (χ1) is 15.4. The van der Waals surface area contributed by atoms with Crippen molar-refractivity contribution in [3.8, 4) is 0 Å². The number of hydrogen-bond donors (Lipinski definition) is 1. The molecule has 1 fully saturated rings. The van der Waals surface area contributed by atoms with Crippen LogP contribution in [0.1, 0.15) is 30.3 Å². The molecule has 1 aromatic heterocycles. The largest absolute Gasteiger partial charge is 0.342 e. The molecule has 7 nitrogen and oxygen atoms in total. The molecule has 0 spiro atoms. The van der Waals surface area contributed by atoms with E-state index in [-0.39, 0.29) is 29.8 Å². The van der Waals surface area contributed by atoms with Crippen LogP contribution in [-0.4, -0.2) is 41.3 Å². The Kier molecular flexibility index (Phi) is 6.38. The number of sulfonamides is 1. The average molecular weight is 457 g/mol. The van der Waals surface area contributed by atoms with Crippen molar-refractivity contribution < 1.29 is 17.6 Å². The lowest BCUT2D eigenvalue weighted by molar-refractivity contribution is -0.126. The van der Waals surface area contributed by atoms with Gasteiger partial charge in [0.15, 0.2) is 0 Å². The molecule has 9 heteroatoms. The number of aromatic nitrogens is 2. The summed E-state index contributed by atoms with van der Waals surface area (Å²) in [5, 5.41) is 3.00. The Morgan fingerprint density at radius 2 is 1.84 bits per heavy atom. The highest BCUT2D eigenvalue weighted by Gasteiger charge is 2.33. The molecule has 3 aromatic rings. The SMILES string of the molecule is Cn1ccnc1C(NC(=O)C1CCN(S(=O)(=O)c2ccccc2)CC1)c1cccc(F)c1. The Bertz CT molecular complexity index is 1190. The Morgan fingerprint density at radius 3 is 2.47 bits per heavy atom. The summed E-state index contributed by atoms with van der Waals surface area (Å²) in [5.41, 5.74) is 0.594. The van der Waals surface area contributed by atoms with Crippen molar-refractivity contribution >= 4 is 15.9 Å². The molecule has 2 heterocycles. The highest BCUT2D eigenvalue weighted by atomic mass is 32.2. The summed E-state index contributed by atoms with van der Waals surface area (Å²) in [5.74, 6) is -0.337. The molecular weight excluding hydrogens is 431 g/mol. The third kappa shape index (κ3) is 4.58. The number of aryl methyl sites for hydroxylation is 1. The van der Waals surface area contributed by atoms with Gasteiger partial charge in [0.05, 0.1) is 4.90 Å².